The molecule has 1 aromatic rings. The number of allylic oxidation sites excluding steroid dienone is 2. The van der Waals surface area contributed by atoms with Gasteiger partial charge in [0.05, 0.1) is 17.0 Å². The number of amides is 1. The first-order valence-corrected chi connectivity index (χ1v) is 15.1. The van der Waals surface area contributed by atoms with Gasteiger partial charge in [0.2, 0.25) is 17.6 Å². The fourth-order valence-corrected chi connectivity index (χ4v) is 5.05. The monoisotopic (exact) mass is 565 g/mol. The van der Waals surface area contributed by atoms with E-state index in [1.165, 1.54) is 6.08 Å². The number of aromatic nitrogens is 2. The minimum Gasteiger partial charge on any atom is -0.382 e. The molecule has 1 fully saturated rings. The average molecular weight is 566 g/mol. The van der Waals surface area contributed by atoms with E-state index in [1.807, 2.05) is 59.4 Å². The lowest BCUT2D eigenvalue weighted by atomic mass is 9.90. The molecule has 1 N–H and O–H groups in total. The highest BCUT2D eigenvalue weighted by atomic mass is 35.5. The molecular weight excluding hydrogens is 517 g/mol. The van der Waals surface area contributed by atoms with Gasteiger partial charge < -0.3 is 14.7 Å². The van der Waals surface area contributed by atoms with E-state index in [2.05, 4.69) is 27.0 Å². The number of alkyl halides is 1. The summed E-state index contributed by atoms with van der Waals surface area (Å²) in [6.45, 7) is 19.1. The number of carbonyl (C=O) groups excluding carboxylic acids is 1. The van der Waals surface area contributed by atoms with Gasteiger partial charge in [0.15, 0.2) is 5.97 Å². The molecule has 7 nitrogen and oxygen atoms in total. The number of nitrogens with one attached hydrogen (secondary N) is 1. The maximum absolute atomic E-state index is 13.6. The van der Waals surface area contributed by atoms with E-state index in [0.29, 0.717) is 31.2 Å². The third-order valence-corrected chi connectivity index (χ3v) is 7.07. The molecule has 0 spiro atoms. The number of nitrogens with zero attached hydrogens (tertiary/aromatic N) is 4. The van der Waals surface area contributed by atoms with Crippen LogP contribution in [0.3, 0.4) is 0 Å². The molecule has 0 aromatic carbocycles. The lowest BCUT2D eigenvalue weighted by Crippen LogP contribution is -2.45. The van der Waals surface area contributed by atoms with Gasteiger partial charge in [-0.05, 0) is 51.5 Å². The Balaban J connectivity index is 0.00000119. The lowest BCUT2D eigenvalue weighted by molar-refractivity contribution is -0.131. The molecule has 3 atom stereocenters. The van der Waals surface area contributed by atoms with E-state index in [-0.39, 0.29) is 29.7 Å². The maximum atomic E-state index is 13.6. The van der Waals surface area contributed by atoms with Crippen LogP contribution in [0.5, 0.6) is 0 Å². The summed E-state index contributed by atoms with van der Waals surface area (Å²) in [6.07, 6.45) is 8.56. The van der Waals surface area contributed by atoms with E-state index >= 15 is 0 Å². The molecule has 1 amide bonds. The predicted molar refractivity (Wildman–Crippen MR) is 161 cm³/mol. The Morgan fingerprint density at radius 3 is 2.62 bits per heavy atom. The van der Waals surface area contributed by atoms with Crippen molar-refractivity contribution >= 4 is 29.2 Å². The van der Waals surface area contributed by atoms with Crippen LogP contribution in [-0.4, -0.2) is 58.0 Å². The largest absolute Gasteiger partial charge is 0.382 e. The predicted octanol–water partition coefficient (Wildman–Crippen LogP) is 7.61. The van der Waals surface area contributed by atoms with Crippen molar-refractivity contribution in [3.05, 3.63) is 41.6 Å². The molecule has 0 radical (unpaired) electrons. The molecule has 1 aromatic heterocycles. The summed E-state index contributed by atoms with van der Waals surface area (Å²) in [7, 11) is 0. The Morgan fingerprint density at radius 2 is 1.95 bits per heavy atom. The van der Waals surface area contributed by atoms with Crippen molar-refractivity contribution in [3.8, 4) is 0 Å². The first kappa shape index (κ1) is 34.5. The summed E-state index contributed by atoms with van der Waals surface area (Å²) >= 11 is 6.23. The Hall–Kier alpha value is -2.48. The number of aliphatic imine (C=N–C) groups is 1. The van der Waals surface area contributed by atoms with Crippen LogP contribution < -0.4 is 5.32 Å². The van der Waals surface area contributed by atoms with Gasteiger partial charge in [0.25, 0.3) is 0 Å². The van der Waals surface area contributed by atoms with Crippen molar-refractivity contribution in [2.45, 2.75) is 111 Å². The number of carbonyl (C=O) groups is 1. The zero-order chi connectivity index (χ0) is 29.4. The lowest BCUT2D eigenvalue weighted by Gasteiger charge is -2.37. The Labute approximate surface area is 240 Å². The smallest absolute Gasteiger partial charge is 0.249 e. The van der Waals surface area contributed by atoms with Gasteiger partial charge >= 0.3 is 0 Å². The zero-order valence-electron chi connectivity index (χ0n) is 25.0. The molecule has 9 heteroatoms. The molecule has 3 aliphatic heterocycles. The SMILES string of the molecule is C=CCC(F)=NCCC1=C(C)C(=O)N2CC(c3nc(C4=CC(Cl)CCN4)no3)CCC2CC1.CC.CC.CC. The number of fused-ring (bicyclic) bond motifs is 1. The Bertz CT molecular complexity index is 988. The maximum Gasteiger partial charge on any atom is 0.249 e. The Kier molecular flexibility index (Phi) is 16.6. The summed E-state index contributed by atoms with van der Waals surface area (Å²) in [5.41, 5.74) is 2.63. The van der Waals surface area contributed by atoms with Crippen molar-refractivity contribution in [2.24, 2.45) is 4.99 Å². The molecule has 0 saturated carbocycles. The number of halogens is 2. The normalized spacial score (nSPS) is 22.8. The highest BCUT2D eigenvalue weighted by molar-refractivity contribution is 6.22. The van der Waals surface area contributed by atoms with Crippen LogP contribution >= 0.6 is 11.6 Å². The van der Waals surface area contributed by atoms with Gasteiger partial charge in [-0.1, -0.05) is 58.3 Å². The Morgan fingerprint density at radius 1 is 1.23 bits per heavy atom. The van der Waals surface area contributed by atoms with Crippen molar-refractivity contribution in [3.63, 3.8) is 0 Å². The van der Waals surface area contributed by atoms with Crippen LogP contribution in [0.1, 0.15) is 111 Å². The molecular formula is C30H49ClFN5O2. The van der Waals surface area contributed by atoms with Crippen LogP contribution in [0.2, 0.25) is 0 Å². The second-order valence-corrected chi connectivity index (χ2v) is 9.48. The third kappa shape index (κ3) is 9.89. The second kappa shape index (κ2) is 18.7. The quantitative estimate of drug-likeness (QED) is 0.209. The standard InChI is InChI=1S/C24H31ClFN5O2.3C2H6/c1-3-4-21(26)28-11-9-16-5-7-19-8-6-17(14-31(19)24(32)15(16)2)23-29-22(30-33-23)20-13-18(25)10-12-27-20;3*1-2/h3,13,17-19,27H,1,4-12,14H2,2H3;3*1-2H3. The van der Waals surface area contributed by atoms with E-state index in [9.17, 15) is 9.18 Å². The third-order valence-electron chi connectivity index (χ3n) is 6.72. The van der Waals surface area contributed by atoms with E-state index in [1.54, 1.807) is 0 Å². The summed E-state index contributed by atoms with van der Waals surface area (Å²) in [6, 6.07) is 0.198. The summed E-state index contributed by atoms with van der Waals surface area (Å²) in [5, 5.41) is 7.37. The van der Waals surface area contributed by atoms with Gasteiger partial charge in [-0.15, -0.1) is 18.2 Å². The average Bonchev–Trinajstić information content (AvgIpc) is 3.44. The second-order valence-electron chi connectivity index (χ2n) is 8.92. The highest BCUT2D eigenvalue weighted by Crippen LogP contribution is 2.36. The summed E-state index contributed by atoms with van der Waals surface area (Å²) in [5.74, 6) is 0.725. The molecule has 220 valence electrons. The first-order chi connectivity index (χ1) is 19.0. The molecule has 1 saturated heterocycles. The minimum atomic E-state index is -0.414. The molecule has 0 bridgehead atoms. The van der Waals surface area contributed by atoms with Crippen molar-refractivity contribution in [1.29, 1.82) is 0 Å². The zero-order valence-corrected chi connectivity index (χ0v) is 25.8. The number of hydrogen-bond donors (Lipinski definition) is 1. The molecule has 3 unspecified atom stereocenters. The minimum absolute atomic E-state index is 0.00869. The van der Waals surface area contributed by atoms with Crippen molar-refractivity contribution in [1.82, 2.24) is 20.4 Å². The number of piperidine rings is 1. The van der Waals surface area contributed by atoms with E-state index < -0.39 is 5.97 Å². The summed E-state index contributed by atoms with van der Waals surface area (Å²) < 4.78 is 19.1. The number of hydrogen-bond acceptors (Lipinski definition) is 6. The fourth-order valence-electron chi connectivity index (χ4n) is 4.81. The number of rotatable bonds is 7. The fraction of sp³-hybridized carbons (Fsp3) is 0.667. The van der Waals surface area contributed by atoms with Crippen molar-refractivity contribution < 1.29 is 13.7 Å². The van der Waals surface area contributed by atoms with Crippen LogP contribution in [0.25, 0.3) is 5.70 Å². The van der Waals surface area contributed by atoms with E-state index in [0.717, 1.165) is 55.5 Å². The van der Waals surface area contributed by atoms with Gasteiger partial charge in [-0.25, -0.2) is 0 Å². The summed E-state index contributed by atoms with van der Waals surface area (Å²) in [4.78, 5) is 23.8. The van der Waals surface area contributed by atoms with E-state index in [4.69, 9.17) is 16.1 Å². The highest BCUT2D eigenvalue weighted by Gasteiger charge is 2.37. The van der Waals surface area contributed by atoms with Crippen LogP contribution in [0, 0.1) is 0 Å². The van der Waals surface area contributed by atoms with Crippen molar-refractivity contribution in [2.75, 3.05) is 19.6 Å². The van der Waals surface area contributed by atoms with Crippen LogP contribution in [-0.2, 0) is 4.79 Å². The van der Waals surface area contributed by atoms with Crippen LogP contribution in [0.4, 0.5) is 4.39 Å². The molecule has 4 rings (SSSR count). The van der Waals surface area contributed by atoms with Gasteiger partial charge in [-0.3, -0.25) is 9.79 Å². The molecule has 39 heavy (non-hydrogen) atoms. The topological polar surface area (TPSA) is 83.6 Å². The van der Waals surface area contributed by atoms with Gasteiger partial charge in [-0.2, -0.15) is 9.37 Å². The molecule has 3 aliphatic rings. The van der Waals surface area contributed by atoms with Gasteiger partial charge in [0, 0.05) is 37.7 Å². The van der Waals surface area contributed by atoms with Crippen LogP contribution in [0.15, 0.2) is 39.4 Å². The first-order valence-electron chi connectivity index (χ1n) is 14.7. The molecule has 4 heterocycles. The molecule has 0 aliphatic carbocycles. The van der Waals surface area contributed by atoms with Gasteiger partial charge in [0.1, 0.15) is 0 Å².